The Kier molecular flexibility index (Phi) is 5.63. The highest BCUT2D eigenvalue weighted by Crippen LogP contribution is 2.49. The molecule has 3 aliphatic rings. The van der Waals surface area contributed by atoms with Crippen LogP contribution in [0.15, 0.2) is 65.8 Å². The third-order valence-electron chi connectivity index (χ3n) is 7.90. The average Bonchev–Trinajstić information content (AvgIpc) is 3.26. The zero-order valence-corrected chi connectivity index (χ0v) is 20.3. The Morgan fingerprint density at radius 2 is 1.95 bits per heavy atom. The number of aromatic nitrogens is 1. The van der Waals surface area contributed by atoms with E-state index in [4.69, 9.17) is 4.74 Å². The van der Waals surface area contributed by atoms with Gasteiger partial charge in [-0.25, -0.2) is 0 Å². The summed E-state index contributed by atoms with van der Waals surface area (Å²) < 4.78 is 45.9. The Morgan fingerprint density at radius 1 is 1.16 bits per heavy atom. The Hall–Kier alpha value is -3.59. The number of nitrogens with zero attached hydrogens (tertiary/aromatic N) is 2. The summed E-state index contributed by atoms with van der Waals surface area (Å²) in [6.45, 7) is 0. The second-order valence-electron chi connectivity index (χ2n) is 9.98. The minimum Gasteiger partial charge on any atom is -0.468 e. The van der Waals surface area contributed by atoms with Gasteiger partial charge in [0.2, 0.25) is 0 Å². The van der Waals surface area contributed by atoms with Crippen LogP contribution in [0, 0.1) is 0 Å². The van der Waals surface area contributed by atoms with Crippen LogP contribution in [0.1, 0.15) is 48.5 Å². The number of fused-ring (bicyclic) bond motifs is 4. The summed E-state index contributed by atoms with van der Waals surface area (Å²) >= 11 is 0. The maximum absolute atomic E-state index is 12.8. The number of carbonyl (C=O) groups excluding carboxylic acids is 1. The lowest BCUT2D eigenvalue weighted by Gasteiger charge is -2.45. The lowest BCUT2D eigenvalue weighted by atomic mass is 9.77. The topological polar surface area (TPSA) is 67.7 Å². The second kappa shape index (κ2) is 8.76. The molecule has 0 bridgehead atoms. The highest BCUT2D eigenvalue weighted by atomic mass is 19.4. The van der Waals surface area contributed by atoms with Gasteiger partial charge in [-0.3, -0.25) is 15.5 Å². The Bertz CT molecular complexity index is 1420. The second-order valence-corrected chi connectivity index (χ2v) is 9.98. The number of rotatable bonds is 3. The monoisotopic (exact) mass is 508 g/mol. The molecule has 1 aliphatic carbocycles. The van der Waals surface area contributed by atoms with Gasteiger partial charge in [-0.15, -0.1) is 0 Å². The summed E-state index contributed by atoms with van der Waals surface area (Å²) in [5.74, 6) is -0.235. The van der Waals surface area contributed by atoms with Crippen LogP contribution in [0.25, 0.3) is 10.9 Å². The van der Waals surface area contributed by atoms with Crippen molar-refractivity contribution in [3.8, 4) is 0 Å². The van der Waals surface area contributed by atoms with E-state index in [1.165, 1.54) is 35.9 Å². The van der Waals surface area contributed by atoms with E-state index in [0.29, 0.717) is 12.1 Å². The van der Waals surface area contributed by atoms with Gasteiger partial charge in [0, 0.05) is 29.1 Å². The molecular formula is C28H27F3N4O2. The summed E-state index contributed by atoms with van der Waals surface area (Å²) in [6, 6.07) is 13.0. The van der Waals surface area contributed by atoms with Gasteiger partial charge in [0.25, 0.3) is 0 Å². The number of hydrogen-bond acceptors (Lipinski definition) is 5. The van der Waals surface area contributed by atoms with Crippen molar-refractivity contribution < 1.29 is 22.7 Å². The lowest BCUT2D eigenvalue weighted by molar-refractivity contribution is -0.143. The SMILES string of the molecule is COC(=O)[C@H]1Cc2c3n(c4ccccc24)[C@@]2(C=C/C(=N\Nc4ccc(C(F)(F)F)cc4)CC2)CC[C@@H]3N1. The van der Waals surface area contributed by atoms with Gasteiger partial charge < -0.3 is 9.30 Å². The highest BCUT2D eigenvalue weighted by Gasteiger charge is 2.45. The summed E-state index contributed by atoms with van der Waals surface area (Å²) in [4.78, 5) is 12.4. The number of esters is 1. The quantitative estimate of drug-likeness (QED) is 0.352. The maximum atomic E-state index is 12.8. The Balaban J connectivity index is 1.30. The average molecular weight is 509 g/mol. The minimum atomic E-state index is -4.36. The molecule has 2 aromatic carbocycles. The third kappa shape index (κ3) is 4.01. The molecule has 0 unspecified atom stereocenters. The summed E-state index contributed by atoms with van der Waals surface area (Å²) in [7, 11) is 1.43. The van der Waals surface area contributed by atoms with Gasteiger partial charge in [-0.2, -0.15) is 18.3 Å². The van der Waals surface area contributed by atoms with Crippen LogP contribution in [0.3, 0.4) is 0 Å². The Labute approximate surface area is 212 Å². The first kappa shape index (κ1) is 23.8. The van der Waals surface area contributed by atoms with E-state index >= 15 is 0 Å². The van der Waals surface area contributed by atoms with E-state index in [1.54, 1.807) is 0 Å². The molecule has 0 fully saturated rings. The van der Waals surface area contributed by atoms with Crippen LogP contribution in [0.2, 0.25) is 0 Å². The molecule has 0 saturated carbocycles. The van der Waals surface area contributed by atoms with Crippen molar-refractivity contribution in [2.75, 3.05) is 12.5 Å². The van der Waals surface area contributed by atoms with E-state index in [-0.39, 0.29) is 23.6 Å². The molecule has 0 radical (unpaired) electrons. The van der Waals surface area contributed by atoms with Crippen molar-refractivity contribution >= 4 is 28.3 Å². The summed E-state index contributed by atoms with van der Waals surface area (Å²) in [5, 5.41) is 9.15. The van der Waals surface area contributed by atoms with Crippen LogP contribution in [-0.2, 0) is 27.7 Å². The number of alkyl halides is 3. The number of nitrogens with one attached hydrogen (secondary N) is 2. The molecule has 2 N–H and O–H groups in total. The fourth-order valence-corrected chi connectivity index (χ4v) is 6.11. The van der Waals surface area contributed by atoms with Crippen LogP contribution in [-0.4, -0.2) is 29.4 Å². The van der Waals surface area contributed by atoms with Gasteiger partial charge in [-0.1, -0.05) is 24.3 Å². The van der Waals surface area contributed by atoms with Crippen molar-refractivity contribution in [1.82, 2.24) is 9.88 Å². The molecule has 3 heterocycles. The normalized spacial score (nSPS) is 25.9. The van der Waals surface area contributed by atoms with Gasteiger partial charge in [0.15, 0.2) is 0 Å². The van der Waals surface area contributed by atoms with E-state index in [2.05, 4.69) is 38.6 Å². The highest BCUT2D eigenvalue weighted by molar-refractivity contribution is 5.97. The lowest BCUT2D eigenvalue weighted by Crippen LogP contribution is -2.50. The first-order valence-electron chi connectivity index (χ1n) is 12.4. The van der Waals surface area contributed by atoms with E-state index in [9.17, 15) is 18.0 Å². The number of benzene rings is 2. The van der Waals surface area contributed by atoms with Crippen molar-refractivity contribution in [3.05, 3.63) is 77.5 Å². The molecule has 3 atom stereocenters. The molecule has 37 heavy (non-hydrogen) atoms. The number of carbonyl (C=O) groups is 1. The molecule has 9 heteroatoms. The summed E-state index contributed by atoms with van der Waals surface area (Å²) in [6.07, 6.45) is 3.88. The molecule has 1 spiro atoms. The van der Waals surface area contributed by atoms with Gasteiger partial charge in [-0.05, 0) is 67.7 Å². The zero-order chi connectivity index (χ0) is 25.8. The van der Waals surface area contributed by atoms with Gasteiger partial charge >= 0.3 is 12.1 Å². The molecule has 6 nitrogen and oxygen atoms in total. The molecule has 192 valence electrons. The summed E-state index contributed by atoms with van der Waals surface area (Å²) in [5.41, 5.74) is 6.99. The van der Waals surface area contributed by atoms with Gasteiger partial charge in [0.1, 0.15) is 6.04 Å². The van der Waals surface area contributed by atoms with Gasteiger partial charge in [0.05, 0.1) is 29.6 Å². The van der Waals surface area contributed by atoms with Crippen molar-refractivity contribution in [3.63, 3.8) is 0 Å². The number of allylic oxidation sites excluding steroid dienone is 2. The molecule has 3 aromatic rings. The first-order chi connectivity index (χ1) is 17.8. The maximum Gasteiger partial charge on any atom is 0.416 e. The predicted octanol–water partition coefficient (Wildman–Crippen LogP) is 5.70. The first-order valence-corrected chi connectivity index (χ1v) is 12.4. The van der Waals surface area contributed by atoms with Crippen molar-refractivity contribution in [2.45, 2.75) is 55.9 Å². The van der Waals surface area contributed by atoms with E-state index < -0.39 is 11.7 Å². The Morgan fingerprint density at radius 3 is 2.65 bits per heavy atom. The number of hydrazone groups is 1. The molecule has 6 rings (SSSR count). The predicted molar refractivity (Wildman–Crippen MR) is 135 cm³/mol. The number of methoxy groups -OCH3 is 1. The number of para-hydroxylation sites is 1. The molecule has 0 saturated heterocycles. The fourth-order valence-electron chi connectivity index (χ4n) is 6.11. The van der Waals surface area contributed by atoms with Crippen LogP contribution in [0.4, 0.5) is 18.9 Å². The smallest absolute Gasteiger partial charge is 0.416 e. The number of anilines is 1. The molecular weight excluding hydrogens is 481 g/mol. The van der Waals surface area contributed by atoms with Crippen molar-refractivity contribution in [1.29, 1.82) is 0 Å². The molecule has 0 amide bonds. The minimum absolute atomic E-state index is 0.0793. The molecule has 1 aromatic heterocycles. The van der Waals surface area contributed by atoms with Crippen LogP contribution < -0.4 is 10.7 Å². The van der Waals surface area contributed by atoms with Crippen molar-refractivity contribution in [2.24, 2.45) is 5.10 Å². The number of halogens is 3. The molecule has 2 aliphatic heterocycles. The largest absolute Gasteiger partial charge is 0.468 e. The number of hydrogen-bond donors (Lipinski definition) is 2. The fraction of sp³-hybridized carbons (Fsp3) is 0.357. The zero-order valence-electron chi connectivity index (χ0n) is 20.3. The third-order valence-corrected chi connectivity index (χ3v) is 7.90. The van der Waals surface area contributed by atoms with Crippen LogP contribution >= 0.6 is 0 Å². The van der Waals surface area contributed by atoms with Crippen LogP contribution in [0.5, 0.6) is 0 Å². The number of ether oxygens (including phenoxy) is 1. The standard InChI is InChI=1S/C28H27F3N4O2/c1-37-26(36)23-16-21-20-4-2-3-5-24(20)35-25(21)22(32-23)12-15-27(35)13-10-19(11-14-27)34-33-18-8-6-17(7-9-18)28(29,30)31/h2-10,13,22-23,32-33H,11-12,14-16H2,1H3/b34-19+/t22-,23+,27+/m0/s1. The van der Waals surface area contributed by atoms with E-state index in [1.807, 2.05) is 18.2 Å². The van der Waals surface area contributed by atoms with E-state index in [0.717, 1.165) is 49.0 Å².